The van der Waals surface area contributed by atoms with Crippen molar-refractivity contribution in [2.45, 2.75) is 19.9 Å². The zero-order chi connectivity index (χ0) is 25.1. The number of carbonyl (C=O) groups excluding carboxylic acids is 1. The maximum atomic E-state index is 13.0. The molecule has 1 aliphatic rings. The van der Waals surface area contributed by atoms with Crippen LogP contribution in [0.4, 0.5) is 17.5 Å². The van der Waals surface area contributed by atoms with Gasteiger partial charge in [-0.15, -0.1) is 10.2 Å². The normalized spacial score (nSPS) is 14.3. The van der Waals surface area contributed by atoms with Crippen LogP contribution in [0.25, 0.3) is 22.2 Å². The summed E-state index contributed by atoms with van der Waals surface area (Å²) in [7, 11) is 2.11. The number of hydrogen-bond acceptors (Lipinski definition) is 9. The molecule has 0 radical (unpaired) electrons. The van der Waals surface area contributed by atoms with Gasteiger partial charge in [0.15, 0.2) is 5.82 Å². The Kier molecular flexibility index (Phi) is 6.68. The van der Waals surface area contributed by atoms with E-state index in [1.54, 1.807) is 24.7 Å². The number of nitrogens with one attached hydrogen (secondary N) is 2. The fourth-order valence-corrected chi connectivity index (χ4v) is 4.09. The largest absolute Gasteiger partial charge is 0.367 e. The monoisotopic (exact) mass is 483 g/mol. The van der Waals surface area contributed by atoms with Gasteiger partial charge in [-0.05, 0) is 51.2 Å². The molecule has 10 heteroatoms. The highest BCUT2D eigenvalue weighted by molar-refractivity contribution is 6.04. The molecule has 36 heavy (non-hydrogen) atoms. The predicted octanol–water partition coefficient (Wildman–Crippen LogP) is 3.31. The Bertz CT molecular complexity index is 1380. The number of rotatable bonds is 6. The highest BCUT2D eigenvalue weighted by atomic mass is 16.1. The molecular formula is C26H29N9O. The van der Waals surface area contributed by atoms with Crippen molar-refractivity contribution in [3.05, 3.63) is 60.6 Å². The van der Waals surface area contributed by atoms with Crippen molar-refractivity contribution >= 4 is 34.3 Å². The number of pyridine rings is 1. The van der Waals surface area contributed by atoms with Gasteiger partial charge >= 0.3 is 0 Å². The Labute approximate surface area is 209 Å². The van der Waals surface area contributed by atoms with Gasteiger partial charge in [-0.2, -0.15) is 0 Å². The van der Waals surface area contributed by atoms with Gasteiger partial charge in [-0.1, -0.05) is 6.07 Å². The molecule has 1 aromatic carbocycles. The molecule has 4 heterocycles. The number of amides is 1. The number of nitrogens with zero attached hydrogens (tertiary/aromatic N) is 7. The van der Waals surface area contributed by atoms with E-state index < -0.39 is 0 Å². The third kappa shape index (κ3) is 5.38. The van der Waals surface area contributed by atoms with Crippen molar-refractivity contribution in [3.63, 3.8) is 0 Å². The van der Waals surface area contributed by atoms with E-state index in [0.717, 1.165) is 60.0 Å². The van der Waals surface area contributed by atoms with Crippen LogP contribution in [0.2, 0.25) is 0 Å². The van der Waals surface area contributed by atoms with Crippen LogP contribution in [0.15, 0.2) is 55.0 Å². The fourth-order valence-electron chi connectivity index (χ4n) is 4.09. The first kappa shape index (κ1) is 23.6. The third-order valence-electron chi connectivity index (χ3n) is 6.03. The van der Waals surface area contributed by atoms with Crippen molar-refractivity contribution in [1.29, 1.82) is 0 Å². The first-order chi connectivity index (χ1) is 17.4. The lowest BCUT2D eigenvalue weighted by Crippen LogP contribution is -2.44. The van der Waals surface area contributed by atoms with E-state index in [-0.39, 0.29) is 11.9 Å². The number of fused-ring (bicyclic) bond motifs is 1. The molecule has 2 N–H and O–H groups in total. The lowest BCUT2D eigenvalue weighted by Gasteiger charge is -2.33. The van der Waals surface area contributed by atoms with Crippen LogP contribution in [-0.4, -0.2) is 75.2 Å². The summed E-state index contributed by atoms with van der Waals surface area (Å²) in [6.45, 7) is 7.81. The van der Waals surface area contributed by atoms with Crippen molar-refractivity contribution in [3.8, 4) is 11.3 Å². The average Bonchev–Trinajstić information content (AvgIpc) is 2.88. The van der Waals surface area contributed by atoms with Crippen LogP contribution in [0.1, 0.15) is 24.2 Å². The first-order valence-electron chi connectivity index (χ1n) is 12.0. The standard InChI is InChI=1S/C26H29N9O/c1-17(2)29-24-16-27-15-22(30-24)18-4-5-21-20(12-18)13-23(33-32-21)31-26(36)19-6-7-28-25(14-19)35-10-8-34(3)9-11-35/h4-7,12-17H,8-11H2,1-3H3,(H,29,30)(H,31,33,36). The van der Waals surface area contributed by atoms with Crippen molar-refractivity contribution < 1.29 is 4.79 Å². The van der Waals surface area contributed by atoms with E-state index in [1.165, 1.54) is 0 Å². The van der Waals surface area contributed by atoms with Gasteiger partial charge in [0, 0.05) is 54.9 Å². The molecule has 184 valence electrons. The summed E-state index contributed by atoms with van der Waals surface area (Å²) in [5.41, 5.74) is 2.90. The average molecular weight is 484 g/mol. The molecule has 0 atom stereocenters. The molecular weight excluding hydrogens is 454 g/mol. The third-order valence-corrected chi connectivity index (χ3v) is 6.03. The summed E-state index contributed by atoms with van der Waals surface area (Å²) >= 11 is 0. The summed E-state index contributed by atoms with van der Waals surface area (Å²) in [5.74, 6) is 1.65. The molecule has 1 saturated heterocycles. The lowest BCUT2D eigenvalue weighted by atomic mass is 10.1. The number of aromatic nitrogens is 5. The van der Waals surface area contributed by atoms with E-state index in [4.69, 9.17) is 0 Å². The smallest absolute Gasteiger partial charge is 0.257 e. The molecule has 0 spiro atoms. The lowest BCUT2D eigenvalue weighted by molar-refractivity contribution is 0.102. The minimum atomic E-state index is -0.254. The highest BCUT2D eigenvalue weighted by Crippen LogP contribution is 2.24. The Morgan fingerprint density at radius 1 is 0.972 bits per heavy atom. The molecule has 4 aromatic rings. The molecule has 0 saturated carbocycles. The molecule has 0 bridgehead atoms. The predicted molar refractivity (Wildman–Crippen MR) is 141 cm³/mol. The SMILES string of the molecule is CC(C)Nc1cncc(-c2ccc3nnc(NC(=O)c4ccnc(N5CCN(C)CC5)c4)cc3c2)n1. The van der Waals surface area contributed by atoms with Crippen LogP contribution < -0.4 is 15.5 Å². The maximum Gasteiger partial charge on any atom is 0.257 e. The fraction of sp³-hybridized carbons (Fsp3) is 0.308. The zero-order valence-corrected chi connectivity index (χ0v) is 20.6. The second kappa shape index (κ2) is 10.2. The van der Waals surface area contributed by atoms with Gasteiger partial charge in [0.1, 0.15) is 11.6 Å². The van der Waals surface area contributed by atoms with Gasteiger partial charge in [0.2, 0.25) is 0 Å². The molecule has 10 nitrogen and oxygen atoms in total. The van der Waals surface area contributed by atoms with Crippen LogP contribution in [0.3, 0.4) is 0 Å². The summed E-state index contributed by atoms with van der Waals surface area (Å²) in [6, 6.07) is 11.4. The summed E-state index contributed by atoms with van der Waals surface area (Å²) in [4.78, 5) is 30.9. The maximum absolute atomic E-state index is 13.0. The van der Waals surface area contributed by atoms with E-state index in [2.05, 4.69) is 66.5 Å². The molecule has 1 aliphatic heterocycles. The number of piperazine rings is 1. The van der Waals surface area contributed by atoms with Crippen molar-refractivity contribution in [1.82, 2.24) is 30.0 Å². The van der Waals surface area contributed by atoms with Crippen LogP contribution in [0, 0.1) is 0 Å². The number of hydrogen-bond donors (Lipinski definition) is 2. The Balaban J connectivity index is 1.35. The van der Waals surface area contributed by atoms with Gasteiger partial charge in [0.05, 0.1) is 23.6 Å². The number of carbonyl (C=O) groups is 1. The van der Waals surface area contributed by atoms with E-state index >= 15 is 0 Å². The van der Waals surface area contributed by atoms with E-state index in [1.807, 2.05) is 30.3 Å². The van der Waals surface area contributed by atoms with Gasteiger partial charge in [0.25, 0.3) is 5.91 Å². The first-order valence-corrected chi connectivity index (χ1v) is 12.0. The van der Waals surface area contributed by atoms with E-state index in [0.29, 0.717) is 11.4 Å². The van der Waals surface area contributed by atoms with E-state index in [9.17, 15) is 4.79 Å². The number of benzene rings is 1. The minimum Gasteiger partial charge on any atom is -0.367 e. The van der Waals surface area contributed by atoms with Crippen LogP contribution >= 0.6 is 0 Å². The molecule has 0 aliphatic carbocycles. The summed E-state index contributed by atoms with van der Waals surface area (Å²) < 4.78 is 0. The topological polar surface area (TPSA) is 112 Å². The quantitative estimate of drug-likeness (QED) is 0.426. The Morgan fingerprint density at radius 3 is 2.61 bits per heavy atom. The molecule has 1 fully saturated rings. The van der Waals surface area contributed by atoms with Crippen LogP contribution in [-0.2, 0) is 0 Å². The minimum absolute atomic E-state index is 0.254. The van der Waals surface area contributed by atoms with Gasteiger partial charge < -0.3 is 20.4 Å². The summed E-state index contributed by atoms with van der Waals surface area (Å²) in [6.07, 6.45) is 5.10. The van der Waals surface area contributed by atoms with Gasteiger partial charge in [-0.3, -0.25) is 9.78 Å². The van der Waals surface area contributed by atoms with Crippen LogP contribution in [0.5, 0.6) is 0 Å². The second-order valence-electron chi connectivity index (χ2n) is 9.24. The van der Waals surface area contributed by atoms with Crippen molar-refractivity contribution in [2.75, 3.05) is 48.8 Å². The molecule has 0 unspecified atom stereocenters. The zero-order valence-electron chi connectivity index (χ0n) is 20.6. The molecule has 5 rings (SSSR count). The Morgan fingerprint density at radius 2 is 1.81 bits per heavy atom. The van der Waals surface area contributed by atoms with Crippen molar-refractivity contribution in [2.24, 2.45) is 0 Å². The summed E-state index contributed by atoms with van der Waals surface area (Å²) in [5, 5.41) is 15.5. The van der Waals surface area contributed by atoms with Gasteiger partial charge in [-0.25, -0.2) is 9.97 Å². The highest BCUT2D eigenvalue weighted by Gasteiger charge is 2.17. The number of likely N-dealkylation sites (N-methyl/N-ethyl adjacent to an activating group) is 1. The molecule has 3 aromatic heterocycles. The number of anilines is 3. The second-order valence-corrected chi connectivity index (χ2v) is 9.24. The molecule has 1 amide bonds. The Hall–Kier alpha value is -4.18.